The van der Waals surface area contributed by atoms with Gasteiger partial charge in [-0.3, -0.25) is 0 Å². The summed E-state index contributed by atoms with van der Waals surface area (Å²) >= 11 is 0. The van der Waals surface area contributed by atoms with E-state index < -0.39 is 0 Å². The van der Waals surface area contributed by atoms with Gasteiger partial charge in [0.05, 0.1) is 33.5 Å². The Morgan fingerprint density at radius 2 is 0.817 bits per heavy atom. The highest BCUT2D eigenvalue weighted by molar-refractivity contribution is 6.14. The lowest BCUT2D eigenvalue weighted by molar-refractivity contribution is 0.482. The molecule has 60 heavy (non-hydrogen) atoms. The molecule has 1 aliphatic rings. The number of aromatic nitrogens is 3. The van der Waals surface area contributed by atoms with Crippen molar-refractivity contribution in [3.05, 3.63) is 211 Å². The Kier molecular flexibility index (Phi) is 7.54. The molecule has 0 amide bonds. The van der Waals surface area contributed by atoms with Gasteiger partial charge >= 0.3 is 0 Å². The Balaban J connectivity index is 0.970. The van der Waals surface area contributed by atoms with Crippen LogP contribution in [0.1, 0.15) is 25.0 Å². The van der Waals surface area contributed by atoms with Gasteiger partial charge in [0.1, 0.15) is 11.5 Å². The van der Waals surface area contributed by atoms with Crippen LogP contribution in [0.5, 0.6) is 11.5 Å². The number of hydrogen-bond acceptors (Lipinski definition) is 2. The molecule has 3 aromatic heterocycles. The summed E-state index contributed by atoms with van der Waals surface area (Å²) in [4.78, 5) is 5.02. The summed E-state index contributed by atoms with van der Waals surface area (Å²) in [6.07, 6.45) is 0. The first kappa shape index (κ1) is 34.4. The third-order valence-corrected chi connectivity index (χ3v) is 12.5. The Hall–Kier alpha value is -7.69. The van der Waals surface area contributed by atoms with E-state index in [0.717, 1.165) is 39.7 Å². The first-order valence-corrected chi connectivity index (χ1v) is 20.6. The highest BCUT2D eigenvalue weighted by Gasteiger charge is 2.37. The summed E-state index contributed by atoms with van der Waals surface area (Å²) in [5.41, 5.74) is 16.1. The van der Waals surface area contributed by atoms with Crippen LogP contribution in [0.3, 0.4) is 0 Å². The van der Waals surface area contributed by atoms with Crippen molar-refractivity contribution in [2.75, 3.05) is 0 Å². The molecule has 0 saturated heterocycles. The lowest BCUT2D eigenvalue weighted by Crippen LogP contribution is -2.15. The number of benzene rings is 8. The van der Waals surface area contributed by atoms with Crippen molar-refractivity contribution in [1.29, 1.82) is 0 Å². The fraction of sp³-hybridized carbons (Fsp3) is 0.0536. The second-order valence-corrected chi connectivity index (χ2v) is 16.4. The van der Waals surface area contributed by atoms with Crippen LogP contribution in [0.15, 0.2) is 200 Å². The average Bonchev–Trinajstić information content (AvgIpc) is 3.88. The molecule has 0 fully saturated rings. The number of nitrogens with zero attached hydrogens (tertiary/aromatic N) is 3. The maximum absolute atomic E-state index is 6.61. The molecular weight excluding hydrogens is 731 g/mol. The number of ether oxygens (including phenoxy) is 1. The molecule has 0 saturated carbocycles. The summed E-state index contributed by atoms with van der Waals surface area (Å²) < 4.78 is 11.4. The molecule has 284 valence electrons. The van der Waals surface area contributed by atoms with Crippen LogP contribution in [-0.2, 0) is 5.41 Å². The Bertz CT molecular complexity index is 3390. The van der Waals surface area contributed by atoms with Crippen molar-refractivity contribution in [1.82, 2.24) is 14.1 Å². The van der Waals surface area contributed by atoms with Gasteiger partial charge in [0.25, 0.3) is 0 Å². The van der Waals surface area contributed by atoms with E-state index in [1.165, 1.54) is 71.6 Å². The maximum Gasteiger partial charge on any atom is 0.131 e. The van der Waals surface area contributed by atoms with Gasteiger partial charge < -0.3 is 13.9 Å². The number of para-hydroxylation sites is 3. The zero-order chi connectivity index (χ0) is 40.0. The van der Waals surface area contributed by atoms with Crippen LogP contribution >= 0.6 is 0 Å². The zero-order valence-electron chi connectivity index (χ0n) is 33.3. The summed E-state index contributed by atoms with van der Waals surface area (Å²) in [6, 6.07) is 71.2. The number of hydrogen-bond donors (Lipinski definition) is 0. The predicted molar refractivity (Wildman–Crippen MR) is 248 cm³/mol. The molecule has 4 heteroatoms. The topological polar surface area (TPSA) is 32.0 Å². The molecule has 3 heterocycles. The normalized spacial score (nSPS) is 13.0. The lowest BCUT2D eigenvalue weighted by atomic mass is 9.82. The summed E-state index contributed by atoms with van der Waals surface area (Å²) in [5, 5.41) is 5.04. The Morgan fingerprint density at radius 3 is 1.32 bits per heavy atom. The van der Waals surface area contributed by atoms with Crippen LogP contribution in [0.4, 0.5) is 0 Å². The van der Waals surface area contributed by atoms with Crippen LogP contribution < -0.4 is 4.74 Å². The number of fused-ring (bicyclic) bond motifs is 9. The zero-order valence-corrected chi connectivity index (χ0v) is 33.3. The molecule has 11 aromatic rings. The molecular formula is C56H39N3O. The van der Waals surface area contributed by atoms with Crippen molar-refractivity contribution < 1.29 is 4.74 Å². The molecule has 8 aromatic carbocycles. The van der Waals surface area contributed by atoms with Crippen molar-refractivity contribution in [2.45, 2.75) is 19.3 Å². The van der Waals surface area contributed by atoms with E-state index >= 15 is 0 Å². The molecule has 1 aliphatic carbocycles. The molecule has 0 bridgehead atoms. The van der Waals surface area contributed by atoms with Gasteiger partial charge in [-0.05, 0) is 95.1 Å². The van der Waals surface area contributed by atoms with Gasteiger partial charge in [-0.2, -0.15) is 0 Å². The molecule has 0 spiro atoms. The quantitative estimate of drug-likeness (QED) is 0.169. The molecule has 0 atom stereocenters. The minimum absolute atomic E-state index is 0.217. The van der Waals surface area contributed by atoms with Crippen LogP contribution in [0, 0.1) is 0 Å². The molecule has 0 unspecified atom stereocenters. The van der Waals surface area contributed by atoms with Gasteiger partial charge in [0, 0.05) is 61.6 Å². The lowest BCUT2D eigenvalue weighted by Gasteiger charge is -2.22. The summed E-state index contributed by atoms with van der Waals surface area (Å²) in [7, 11) is 0. The van der Waals surface area contributed by atoms with E-state index in [2.05, 4.69) is 175 Å². The van der Waals surface area contributed by atoms with Gasteiger partial charge in [-0.1, -0.05) is 129 Å². The highest BCUT2D eigenvalue weighted by Crippen LogP contribution is 2.53. The smallest absolute Gasteiger partial charge is 0.131 e. The van der Waals surface area contributed by atoms with Gasteiger partial charge in [-0.25, -0.2) is 4.98 Å². The van der Waals surface area contributed by atoms with Gasteiger partial charge in [0.2, 0.25) is 0 Å². The molecule has 0 aliphatic heterocycles. The summed E-state index contributed by atoms with van der Waals surface area (Å²) in [5.74, 6) is 1.51. The molecule has 4 nitrogen and oxygen atoms in total. The average molecular weight is 770 g/mol. The van der Waals surface area contributed by atoms with E-state index in [1.807, 2.05) is 48.5 Å². The first-order chi connectivity index (χ1) is 29.5. The van der Waals surface area contributed by atoms with Crippen LogP contribution in [-0.4, -0.2) is 14.1 Å². The standard InChI is InChI=1S/C56H39N3O/c1-56(2)48-34-54-46(42-22-12-14-24-52(42)58(54)38-20-10-5-11-21-38)32-44(48)45-33-47-43-23-13-15-25-53(43)59(55(47)35-49(45)56)39-26-28-40(29-27-39)60-41-30-50(36-16-6-3-7-17-36)57-51(31-41)37-18-8-4-9-19-37/h3-35H,1-2H3. The molecule has 12 rings (SSSR count). The first-order valence-electron chi connectivity index (χ1n) is 20.6. The SMILES string of the molecule is CC1(C)c2cc3c(cc2-c2cc4c5ccccc5n(-c5ccc(Oc6cc(-c7ccccc7)nc(-c7ccccc7)c6)cc5)c4cc21)c1ccccc1n3-c1ccccc1. The molecule has 0 radical (unpaired) electrons. The predicted octanol–water partition coefficient (Wildman–Crippen LogP) is 14.7. The van der Waals surface area contributed by atoms with Crippen molar-refractivity contribution in [3.8, 4) is 56.5 Å². The van der Waals surface area contributed by atoms with Crippen molar-refractivity contribution in [3.63, 3.8) is 0 Å². The van der Waals surface area contributed by atoms with Crippen molar-refractivity contribution in [2.24, 2.45) is 0 Å². The minimum Gasteiger partial charge on any atom is -0.457 e. The largest absolute Gasteiger partial charge is 0.457 e. The fourth-order valence-electron chi connectivity index (χ4n) is 9.67. The van der Waals surface area contributed by atoms with Crippen LogP contribution in [0.25, 0.3) is 88.6 Å². The second kappa shape index (κ2) is 13.2. The Labute approximate surface area is 348 Å². The Morgan fingerprint density at radius 1 is 0.383 bits per heavy atom. The van der Waals surface area contributed by atoms with Gasteiger partial charge in [-0.15, -0.1) is 0 Å². The molecule has 0 N–H and O–H groups in total. The van der Waals surface area contributed by atoms with Crippen molar-refractivity contribution >= 4 is 43.6 Å². The fourth-order valence-corrected chi connectivity index (χ4v) is 9.67. The van der Waals surface area contributed by atoms with Crippen LogP contribution in [0.2, 0.25) is 0 Å². The maximum atomic E-state index is 6.61. The number of pyridine rings is 1. The highest BCUT2D eigenvalue weighted by atomic mass is 16.5. The van der Waals surface area contributed by atoms with E-state index in [-0.39, 0.29) is 5.41 Å². The summed E-state index contributed by atoms with van der Waals surface area (Å²) in [6.45, 7) is 4.77. The third kappa shape index (κ3) is 5.27. The van der Waals surface area contributed by atoms with E-state index in [4.69, 9.17) is 9.72 Å². The monoisotopic (exact) mass is 769 g/mol. The van der Waals surface area contributed by atoms with E-state index in [1.54, 1.807) is 0 Å². The number of rotatable bonds is 6. The van der Waals surface area contributed by atoms with E-state index in [9.17, 15) is 0 Å². The van der Waals surface area contributed by atoms with E-state index in [0.29, 0.717) is 0 Å². The second-order valence-electron chi connectivity index (χ2n) is 16.4. The third-order valence-electron chi connectivity index (χ3n) is 12.5. The van der Waals surface area contributed by atoms with Gasteiger partial charge in [0.15, 0.2) is 0 Å². The minimum atomic E-state index is -0.217.